The number of sulfonamides is 1. The molecule has 0 radical (unpaired) electrons. The molecule has 1 aliphatic rings. The van der Waals surface area contributed by atoms with Crippen molar-refractivity contribution in [2.75, 3.05) is 33.9 Å². The smallest absolute Gasteiger partial charge is 0.374 e. The van der Waals surface area contributed by atoms with E-state index >= 15 is 0 Å². The van der Waals surface area contributed by atoms with Crippen LogP contribution in [0.25, 0.3) is 0 Å². The summed E-state index contributed by atoms with van der Waals surface area (Å²) in [6.45, 7) is 2.47. The molecule has 0 bridgehead atoms. The summed E-state index contributed by atoms with van der Waals surface area (Å²) in [5.74, 6) is -0.143. The number of benzene rings is 1. The summed E-state index contributed by atoms with van der Waals surface area (Å²) in [5, 5.41) is 2.58. The summed E-state index contributed by atoms with van der Waals surface area (Å²) in [6, 6.07) is 7.92. The lowest BCUT2D eigenvalue weighted by molar-refractivity contribution is -0.126. The van der Waals surface area contributed by atoms with Gasteiger partial charge in [0.25, 0.3) is 10.0 Å². The molecule has 1 aromatic carbocycles. The molecule has 0 aliphatic carbocycles. The Kier molecular flexibility index (Phi) is 7.98. The van der Waals surface area contributed by atoms with Crippen molar-refractivity contribution in [1.82, 2.24) is 9.62 Å². The van der Waals surface area contributed by atoms with Crippen molar-refractivity contribution in [1.29, 1.82) is 0 Å². The summed E-state index contributed by atoms with van der Waals surface area (Å²) in [7, 11) is -0.810. The van der Waals surface area contributed by atoms with E-state index in [2.05, 4.69) is 5.32 Å². The molecule has 1 aromatic heterocycles. The third-order valence-corrected chi connectivity index (χ3v) is 7.16. The maximum atomic E-state index is 12.8. The predicted octanol–water partition coefficient (Wildman–Crippen LogP) is 2.19. The highest BCUT2D eigenvalue weighted by molar-refractivity contribution is 7.89. The van der Waals surface area contributed by atoms with Crippen LogP contribution in [-0.2, 0) is 26.1 Å². The highest BCUT2D eigenvalue weighted by Gasteiger charge is 2.34. The van der Waals surface area contributed by atoms with Gasteiger partial charge >= 0.3 is 5.97 Å². The van der Waals surface area contributed by atoms with Crippen molar-refractivity contribution in [2.45, 2.75) is 31.4 Å². The number of rotatable bonds is 9. The van der Waals surface area contributed by atoms with Crippen molar-refractivity contribution in [2.24, 2.45) is 5.92 Å². The SMILES string of the molecule is CCOC(=O)c1ccc(S(=O)(=O)N2CCC(C(=O)NCc3ccc(OC)c(OC)c3)CC2)o1. The molecule has 2 heterocycles. The molecule has 1 N–H and O–H groups in total. The first kappa shape index (κ1) is 24.6. The standard InChI is InChI=1S/C22H28N2O8S/c1-4-31-22(26)18-7-8-20(32-18)33(27,28)24-11-9-16(10-12-24)21(25)23-14-15-5-6-17(29-2)19(13-15)30-3/h5-8,13,16H,4,9-12,14H2,1-3H3,(H,23,25). The highest BCUT2D eigenvalue weighted by Crippen LogP contribution is 2.28. The quantitative estimate of drug-likeness (QED) is 0.542. The van der Waals surface area contributed by atoms with Crippen LogP contribution in [-0.4, -0.2) is 58.5 Å². The van der Waals surface area contributed by atoms with Crippen molar-refractivity contribution in [3.63, 3.8) is 0 Å². The summed E-state index contributed by atoms with van der Waals surface area (Å²) < 4.78 is 47.5. The summed E-state index contributed by atoms with van der Waals surface area (Å²) in [6.07, 6.45) is 0.755. The molecular formula is C22H28N2O8S. The van der Waals surface area contributed by atoms with Gasteiger partial charge in [-0.15, -0.1) is 0 Å². The number of hydrogen-bond donors (Lipinski definition) is 1. The molecule has 1 fully saturated rings. The van der Waals surface area contributed by atoms with Gasteiger partial charge in [0.15, 0.2) is 11.5 Å². The lowest BCUT2D eigenvalue weighted by Crippen LogP contribution is -2.42. The van der Waals surface area contributed by atoms with Crippen molar-refractivity contribution >= 4 is 21.9 Å². The van der Waals surface area contributed by atoms with Gasteiger partial charge in [0.05, 0.1) is 20.8 Å². The van der Waals surface area contributed by atoms with Crippen LogP contribution in [0.5, 0.6) is 11.5 Å². The second kappa shape index (κ2) is 10.7. The van der Waals surface area contributed by atoms with Gasteiger partial charge in [0.1, 0.15) is 0 Å². The third-order valence-electron chi connectivity index (χ3n) is 5.39. The van der Waals surface area contributed by atoms with E-state index in [0.29, 0.717) is 30.9 Å². The maximum Gasteiger partial charge on any atom is 0.374 e. The van der Waals surface area contributed by atoms with Crippen LogP contribution >= 0.6 is 0 Å². The van der Waals surface area contributed by atoms with Gasteiger partial charge in [0, 0.05) is 25.6 Å². The van der Waals surface area contributed by atoms with Crippen molar-refractivity contribution in [3.05, 3.63) is 41.7 Å². The lowest BCUT2D eigenvalue weighted by Gasteiger charge is -2.29. The van der Waals surface area contributed by atoms with Crippen molar-refractivity contribution < 1.29 is 36.6 Å². The number of hydrogen-bond acceptors (Lipinski definition) is 8. The Hall–Kier alpha value is -3.05. The highest BCUT2D eigenvalue weighted by atomic mass is 32.2. The molecule has 0 unspecified atom stereocenters. The van der Waals surface area contributed by atoms with Gasteiger partial charge in [-0.05, 0) is 49.6 Å². The molecule has 33 heavy (non-hydrogen) atoms. The van der Waals surface area contributed by atoms with Crippen LogP contribution in [0.1, 0.15) is 35.9 Å². The van der Waals surface area contributed by atoms with E-state index in [0.717, 1.165) is 5.56 Å². The Morgan fingerprint density at radius 1 is 1.09 bits per heavy atom. The number of piperidine rings is 1. The second-order valence-electron chi connectivity index (χ2n) is 7.42. The second-order valence-corrected chi connectivity index (χ2v) is 9.29. The number of methoxy groups -OCH3 is 2. The topological polar surface area (TPSA) is 124 Å². The molecule has 1 aliphatic heterocycles. The maximum absolute atomic E-state index is 12.8. The van der Waals surface area contributed by atoms with Gasteiger partial charge in [0.2, 0.25) is 16.8 Å². The number of ether oxygens (including phenoxy) is 3. The van der Waals surface area contributed by atoms with Crippen molar-refractivity contribution in [3.8, 4) is 11.5 Å². The van der Waals surface area contributed by atoms with Gasteiger partial charge < -0.3 is 23.9 Å². The number of nitrogens with one attached hydrogen (secondary N) is 1. The first-order valence-corrected chi connectivity index (χ1v) is 12.0. The van der Waals surface area contributed by atoms with E-state index in [1.807, 2.05) is 6.07 Å². The fourth-order valence-corrected chi connectivity index (χ4v) is 4.96. The van der Waals surface area contributed by atoms with E-state index < -0.39 is 16.0 Å². The Morgan fingerprint density at radius 3 is 2.42 bits per heavy atom. The summed E-state index contributed by atoms with van der Waals surface area (Å²) in [4.78, 5) is 24.3. The minimum Gasteiger partial charge on any atom is -0.493 e. The molecule has 1 saturated heterocycles. The molecule has 0 saturated carbocycles. The normalized spacial score (nSPS) is 15.1. The zero-order valence-electron chi connectivity index (χ0n) is 18.8. The minimum atomic E-state index is -3.91. The van der Waals surface area contributed by atoms with Gasteiger partial charge in [-0.25, -0.2) is 13.2 Å². The average molecular weight is 481 g/mol. The first-order chi connectivity index (χ1) is 15.8. The Balaban J connectivity index is 1.54. The lowest BCUT2D eigenvalue weighted by atomic mass is 9.97. The number of carbonyl (C=O) groups is 2. The first-order valence-electron chi connectivity index (χ1n) is 10.6. The van der Waals surface area contributed by atoms with E-state index in [4.69, 9.17) is 18.6 Å². The zero-order valence-corrected chi connectivity index (χ0v) is 19.6. The molecule has 1 amide bonds. The van der Waals surface area contributed by atoms with Crippen LogP contribution in [0.3, 0.4) is 0 Å². The Labute approximate surface area is 192 Å². The Bertz CT molecular complexity index is 1090. The molecular weight excluding hydrogens is 452 g/mol. The van der Waals surface area contributed by atoms with E-state index in [-0.39, 0.29) is 42.4 Å². The predicted molar refractivity (Wildman–Crippen MR) is 118 cm³/mol. The van der Waals surface area contributed by atoms with Gasteiger partial charge in [-0.3, -0.25) is 4.79 Å². The molecule has 0 spiro atoms. The Morgan fingerprint density at radius 2 is 1.79 bits per heavy atom. The molecule has 10 nitrogen and oxygen atoms in total. The summed E-state index contributed by atoms with van der Waals surface area (Å²) in [5.41, 5.74) is 0.858. The zero-order chi connectivity index (χ0) is 24.0. The van der Waals surface area contributed by atoms with Crippen LogP contribution in [0, 0.1) is 5.92 Å². The number of esters is 1. The van der Waals surface area contributed by atoms with E-state index in [1.165, 1.54) is 16.4 Å². The monoisotopic (exact) mass is 480 g/mol. The molecule has 3 rings (SSSR count). The molecule has 180 valence electrons. The average Bonchev–Trinajstić information content (AvgIpc) is 3.34. The van der Waals surface area contributed by atoms with Crippen LogP contribution in [0.2, 0.25) is 0 Å². The number of furan rings is 1. The number of carbonyl (C=O) groups excluding carboxylic acids is 2. The van der Waals surface area contributed by atoms with E-state index in [1.54, 1.807) is 33.3 Å². The largest absolute Gasteiger partial charge is 0.493 e. The number of nitrogens with zero attached hydrogens (tertiary/aromatic N) is 1. The van der Waals surface area contributed by atoms with Crippen LogP contribution < -0.4 is 14.8 Å². The van der Waals surface area contributed by atoms with Crippen LogP contribution in [0.15, 0.2) is 39.8 Å². The van der Waals surface area contributed by atoms with Gasteiger partial charge in [-0.2, -0.15) is 4.31 Å². The minimum absolute atomic E-state index is 0.135. The summed E-state index contributed by atoms with van der Waals surface area (Å²) >= 11 is 0. The molecule has 11 heteroatoms. The van der Waals surface area contributed by atoms with E-state index in [9.17, 15) is 18.0 Å². The fourth-order valence-electron chi connectivity index (χ4n) is 3.58. The van der Waals surface area contributed by atoms with Crippen LogP contribution in [0.4, 0.5) is 0 Å². The molecule has 2 aromatic rings. The van der Waals surface area contributed by atoms with Gasteiger partial charge in [-0.1, -0.05) is 6.07 Å². The third kappa shape index (κ3) is 5.66. The fraction of sp³-hybridized carbons (Fsp3) is 0.455. The molecule has 0 atom stereocenters. The number of amides is 1.